The standard InChI is InChI=1S/C7H11N3O/c8-7(11)10-9-5-6-3-1-2-4-6/h1,3,5-6H,2,4H2,(H3,8,10,11)/b9-5+. The molecule has 0 bridgehead atoms. The Hall–Kier alpha value is -1.32. The average molecular weight is 153 g/mol. The monoisotopic (exact) mass is 153 g/mol. The van der Waals surface area contributed by atoms with Crippen molar-refractivity contribution in [3.05, 3.63) is 12.2 Å². The molecule has 0 fully saturated rings. The number of rotatable bonds is 2. The molecular formula is C7H11N3O. The molecule has 0 aliphatic heterocycles. The highest BCUT2D eigenvalue weighted by Crippen LogP contribution is 2.13. The van der Waals surface area contributed by atoms with Gasteiger partial charge < -0.3 is 5.73 Å². The third-order valence-corrected chi connectivity index (χ3v) is 1.49. The van der Waals surface area contributed by atoms with Gasteiger partial charge >= 0.3 is 6.03 Å². The lowest BCUT2D eigenvalue weighted by atomic mass is 10.1. The zero-order valence-electron chi connectivity index (χ0n) is 6.16. The van der Waals surface area contributed by atoms with Crippen molar-refractivity contribution in [3.63, 3.8) is 0 Å². The van der Waals surface area contributed by atoms with E-state index in [2.05, 4.69) is 22.7 Å². The van der Waals surface area contributed by atoms with Gasteiger partial charge in [-0.05, 0) is 12.8 Å². The Morgan fingerprint density at radius 3 is 3.18 bits per heavy atom. The van der Waals surface area contributed by atoms with Crippen molar-refractivity contribution >= 4 is 12.2 Å². The predicted octanol–water partition coefficient (Wildman–Crippen LogP) is 0.607. The van der Waals surface area contributed by atoms with E-state index in [4.69, 9.17) is 5.73 Å². The van der Waals surface area contributed by atoms with E-state index < -0.39 is 6.03 Å². The predicted molar refractivity (Wildman–Crippen MR) is 43.1 cm³/mol. The maximum absolute atomic E-state index is 10.2. The molecule has 0 aromatic rings. The van der Waals surface area contributed by atoms with Gasteiger partial charge in [0.15, 0.2) is 0 Å². The molecule has 3 N–H and O–H groups in total. The first kappa shape index (κ1) is 7.78. The Morgan fingerprint density at radius 2 is 2.64 bits per heavy atom. The Bertz CT molecular complexity index is 198. The maximum Gasteiger partial charge on any atom is 0.332 e. The van der Waals surface area contributed by atoms with Crippen molar-refractivity contribution in [1.82, 2.24) is 5.43 Å². The fourth-order valence-corrected chi connectivity index (χ4v) is 0.977. The van der Waals surface area contributed by atoms with Crippen LogP contribution in [0, 0.1) is 5.92 Å². The molecular weight excluding hydrogens is 142 g/mol. The second kappa shape index (κ2) is 3.75. The number of hydrogen-bond acceptors (Lipinski definition) is 2. The molecule has 11 heavy (non-hydrogen) atoms. The van der Waals surface area contributed by atoms with E-state index in [-0.39, 0.29) is 0 Å². The summed E-state index contributed by atoms with van der Waals surface area (Å²) in [5.74, 6) is 0.363. The van der Waals surface area contributed by atoms with Crippen LogP contribution in [0.3, 0.4) is 0 Å². The summed E-state index contributed by atoms with van der Waals surface area (Å²) >= 11 is 0. The molecule has 0 heterocycles. The molecule has 0 saturated carbocycles. The first-order valence-corrected chi connectivity index (χ1v) is 3.54. The van der Waals surface area contributed by atoms with Gasteiger partial charge in [-0.25, -0.2) is 10.2 Å². The third kappa shape index (κ3) is 2.84. The largest absolute Gasteiger partial charge is 0.350 e. The van der Waals surface area contributed by atoms with Gasteiger partial charge in [0.05, 0.1) is 0 Å². The first-order valence-electron chi connectivity index (χ1n) is 3.54. The molecule has 60 valence electrons. The summed E-state index contributed by atoms with van der Waals surface area (Å²) in [6.45, 7) is 0. The van der Waals surface area contributed by atoms with E-state index >= 15 is 0 Å². The molecule has 0 radical (unpaired) electrons. The lowest BCUT2D eigenvalue weighted by Gasteiger charge is -1.96. The molecule has 1 unspecified atom stereocenters. The van der Waals surface area contributed by atoms with Gasteiger partial charge in [-0.15, -0.1) is 0 Å². The second-order valence-corrected chi connectivity index (χ2v) is 2.42. The lowest BCUT2D eigenvalue weighted by Crippen LogP contribution is -2.24. The van der Waals surface area contributed by atoms with Crippen LogP contribution in [0.25, 0.3) is 0 Å². The summed E-state index contributed by atoms with van der Waals surface area (Å²) in [6.07, 6.45) is 8.01. The molecule has 1 atom stereocenters. The van der Waals surface area contributed by atoms with Gasteiger partial charge in [-0.2, -0.15) is 5.10 Å². The van der Waals surface area contributed by atoms with E-state index in [0.717, 1.165) is 12.8 Å². The number of hydrogen-bond donors (Lipinski definition) is 2. The Balaban J connectivity index is 2.23. The number of carbonyl (C=O) groups is 1. The lowest BCUT2D eigenvalue weighted by molar-refractivity contribution is 0.249. The minimum atomic E-state index is -0.622. The van der Waals surface area contributed by atoms with Crippen molar-refractivity contribution in [1.29, 1.82) is 0 Å². The Labute approximate surface area is 65.2 Å². The molecule has 1 aliphatic carbocycles. The zero-order valence-corrected chi connectivity index (χ0v) is 6.16. The highest BCUT2D eigenvalue weighted by molar-refractivity contribution is 5.73. The van der Waals surface area contributed by atoms with Crippen molar-refractivity contribution < 1.29 is 4.79 Å². The normalized spacial score (nSPS) is 22.7. The Morgan fingerprint density at radius 1 is 1.82 bits per heavy atom. The molecule has 4 nitrogen and oxygen atoms in total. The molecule has 4 heteroatoms. The number of primary amides is 1. The van der Waals surface area contributed by atoms with E-state index in [1.54, 1.807) is 6.21 Å². The molecule has 1 rings (SSSR count). The van der Waals surface area contributed by atoms with Gasteiger partial charge in [0.2, 0.25) is 0 Å². The summed E-state index contributed by atoms with van der Waals surface area (Å²) in [6, 6.07) is -0.622. The van der Waals surface area contributed by atoms with E-state index in [9.17, 15) is 4.79 Å². The summed E-state index contributed by atoms with van der Waals surface area (Å²) < 4.78 is 0. The number of urea groups is 1. The van der Waals surface area contributed by atoms with Gasteiger partial charge in [-0.3, -0.25) is 0 Å². The van der Waals surface area contributed by atoms with Crippen molar-refractivity contribution in [2.75, 3.05) is 0 Å². The molecule has 0 aromatic carbocycles. The van der Waals surface area contributed by atoms with Crippen molar-refractivity contribution in [3.8, 4) is 0 Å². The highest BCUT2D eigenvalue weighted by atomic mass is 16.2. The minimum absolute atomic E-state index is 0.363. The number of nitrogens with two attached hydrogens (primary N) is 1. The van der Waals surface area contributed by atoms with Gasteiger partial charge in [0.1, 0.15) is 0 Å². The van der Waals surface area contributed by atoms with Crippen LogP contribution in [-0.4, -0.2) is 12.2 Å². The molecule has 0 aromatic heterocycles. The minimum Gasteiger partial charge on any atom is -0.350 e. The van der Waals surface area contributed by atoms with Crippen molar-refractivity contribution in [2.45, 2.75) is 12.8 Å². The number of nitrogens with zero attached hydrogens (tertiary/aromatic N) is 1. The summed E-state index contributed by atoms with van der Waals surface area (Å²) in [5.41, 5.74) is 6.94. The topological polar surface area (TPSA) is 67.5 Å². The van der Waals surface area contributed by atoms with Crippen LogP contribution in [0.4, 0.5) is 4.79 Å². The molecule has 1 aliphatic rings. The van der Waals surface area contributed by atoms with Crippen LogP contribution in [0.15, 0.2) is 17.3 Å². The number of nitrogens with one attached hydrogen (secondary N) is 1. The number of allylic oxidation sites excluding steroid dienone is 2. The quantitative estimate of drug-likeness (QED) is 0.340. The average Bonchev–Trinajstić information content (AvgIpc) is 2.39. The second-order valence-electron chi connectivity index (χ2n) is 2.42. The third-order valence-electron chi connectivity index (χ3n) is 1.49. The van der Waals surface area contributed by atoms with Crippen LogP contribution in [-0.2, 0) is 0 Å². The van der Waals surface area contributed by atoms with Gasteiger partial charge in [0, 0.05) is 12.1 Å². The number of carbonyl (C=O) groups excluding carboxylic acids is 1. The summed E-state index contributed by atoms with van der Waals surface area (Å²) in [4.78, 5) is 10.2. The van der Waals surface area contributed by atoms with Gasteiger partial charge in [-0.1, -0.05) is 12.2 Å². The first-order chi connectivity index (χ1) is 5.29. The van der Waals surface area contributed by atoms with Crippen LogP contribution in [0.5, 0.6) is 0 Å². The molecule has 2 amide bonds. The fourth-order valence-electron chi connectivity index (χ4n) is 0.977. The van der Waals surface area contributed by atoms with E-state index in [0.29, 0.717) is 5.92 Å². The zero-order chi connectivity index (χ0) is 8.10. The smallest absolute Gasteiger partial charge is 0.332 e. The number of amides is 2. The SMILES string of the molecule is NC(=O)N/N=C/C1C=CCC1. The van der Waals surface area contributed by atoms with Crippen LogP contribution in [0.2, 0.25) is 0 Å². The van der Waals surface area contributed by atoms with E-state index in [1.165, 1.54) is 0 Å². The highest BCUT2D eigenvalue weighted by Gasteiger charge is 2.04. The Kier molecular flexibility index (Phi) is 2.66. The van der Waals surface area contributed by atoms with Crippen LogP contribution < -0.4 is 11.2 Å². The maximum atomic E-state index is 10.2. The van der Waals surface area contributed by atoms with E-state index in [1.807, 2.05) is 0 Å². The van der Waals surface area contributed by atoms with Crippen LogP contribution in [0.1, 0.15) is 12.8 Å². The molecule has 0 saturated heterocycles. The van der Waals surface area contributed by atoms with Gasteiger partial charge in [0.25, 0.3) is 0 Å². The fraction of sp³-hybridized carbons (Fsp3) is 0.429. The summed E-state index contributed by atoms with van der Waals surface area (Å²) in [7, 11) is 0. The van der Waals surface area contributed by atoms with Crippen molar-refractivity contribution in [2.24, 2.45) is 16.8 Å². The molecule has 0 spiro atoms. The number of hydrazone groups is 1. The summed E-state index contributed by atoms with van der Waals surface area (Å²) in [5, 5.41) is 3.65. The van der Waals surface area contributed by atoms with Crippen LogP contribution >= 0.6 is 0 Å².